The Kier molecular flexibility index (Phi) is 6.38. The highest BCUT2D eigenvalue weighted by Gasteiger charge is 2.20. The molecule has 0 aliphatic heterocycles. The highest BCUT2D eigenvalue weighted by Crippen LogP contribution is 2.40. The summed E-state index contributed by atoms with van der Waals surface area (Å²) in [6.45, 7) is 1.01. The second kappa shape index (κ2) is 9.15. The van der Waals surface area contributed by atoms with Gasteiger partial charge < -0.3 is 9.64 Å². The lowest BCUT2D eigenvalue weighted by Crippen LogP contribution is -2.19. The standard InChI is InChI=1S/C22H21N3O5/c1-23(2)13-14-30-22-15-16(17-7-3-5-9-20(17)24(26)27)11-12-19(22)18-8-4-6-10-21(18)25(28)29/h3-12,15H,13-14H2,1-2H3. The zero-order chi connectivity index (χ0) is 21.7. The van der Waals surface area contributed by atoms with Crippen LogP contribution in [0.3, 0.4) is 0 Å². The summed E-state index contributed by atoms with van der Waals surface area (Å²) < 4.78 is 5.97. The molecular weight excluding hydrogens is 386 g/mol. The van der Waals surface area contributed by atoms with E-state index in [1.165, 1.54) is 12.1 Å². The zero-order valence-corrected chi connectivity index (χ0v) is 16.6. The molecule has 0 radical (unpaired) electrons. The van der Waals surface area contributed by atoms with Crippen molar-refractivity contribution < 1.29 is 14.6 Å². The van der Waals surface area contributed by atoms with Gasteiger partial charge in [0.15, 0.2) is 0 Å². The Bertz CT molecular complexity index is 1080. The van der Waals surface area contributed by atoms with Crippen LogP contribution in [0.5, 0.6) is 5.75 Å². The largest absolute Gasteiger partial charge is 0.492 e. The SMILES string of the molecule is CN(C)CCOc1cc(-c2ccccc2[N+](=O)[O-])ccc1-c1ccccc1[N+](=O)[O-]. The van der Waals surface area contributed by atoms with Crippen molar-refractivity contribution in [3.8, 4) is 28.0 Å². The van der Waals surface area contributed by atoms with Gasteiger partial charge in [0.05, 0.1) is 21.0 Å². The highest BCUT2D eigenvalue weighted by atomic mass is 16.6. The van der Waals surface area contributed by atoms with Crippen molar-refractivity contribution in [3.63, 3.8) is 0 Å². The highest BCUT2D eigenvalue weighted by molar-refractivity contribution is 5.83. The third kappa shape index (κ3) is 4.61. The molecule has 0 aromatic heterocycles. The van der Waals surface area contributed by atoms with Crippen LogP contribution in [-0.4, -0.2) is 42.0 Å². The molecule has 0 N–H and O–H groups in total. The number of hydrogen-bond acceptors (Lipinski definition) is 6. The monoisotopic (exact) mass is 407 g/mol. The van der Waals surface area contributed by atoms with E-state index >= 15 is 0 Å². The summed E-state index contributed by atoms with van der Waals surface area (Å²) in [5.74, 6) is 0.432. The average molecular weight is 407 g/mol. The van der Waals surface area contributed by atoms with Crippen LogP contribution in [0.2, 0.25) is 0 Å². The van der Waals surface area contributed by atoms with E-state index < -0.39 is 9.85 Å². The van der Waals surface area contributed by atoms with E-state index in [0.29, 0.717) is 41.2 Å². The van der Waals surface area contributed by atoms with Crippen LogP contribution >= 0.6 is 0 Å². The van der Waals surface area contributed by atoms with Crippen molar-refractivity contribution in [2.45, 2.75) is 0 Å². The Morgan fingerprint density at radius 1 is 0.800 bits per heavy atom. The molecule has 0 atom stereocenters. The van der Waals surface area contributed by atoms with Crippen molar-refractivity contribution in [2.24, 2.45) is 0 Å². The minimum Gasteiger partial charge on any atom is -0.492 e. The number of nitro benzene ring substituents is 2. The first kappa shape index (κ1) is 20.9. The van der Waals surface area contributed by atoms with Gasteiger partial charge in [0.25, 0.3) is 11.4 Å². The molecule has 3 aromatic rings. The maximum absolute atomic E-state index is 11.5. The second-order valence-electron chi connectivity index (χ2n) is 6.91. The Balaban J connectivity index is 2.13. The molecule has 0 spiro atoms. The Labute approximate surface area is 173 Å². The summed E-state index contributed by atoms with van der Waals surface area (Å²) in [6.07, 6.45) is 0. The van der Waals surface area contributed by atoms with Crippen molar-refractivity contribution in [2.75, 3.05) is 27.2 Å². The Hall–Kier alpha value is -3.78. The summed E-state index contributed by atoms with van der Waals surface area (Å²) in [5.41, 5.74) is 1.99. The van der Waals surface area contributed by atoms with Crippen LogP contribution in [0, 0.1) is 20.2 Å². The molecule has 8 heteroatoms. The normalized spacial score (nSPS) is 10.8. The minimum atomic E-state index is -0.436. The summed E-state index contributed by atoms with van der Waals surface area (Å²) in [4.78, 5) is 24.0. The number of likely N-dealkylation sites (N-methyl/N-ethyl adjacent to an activating group) is 1. The number of nitro groups is 2. The van der Waals surface area contributed by atoms with E-state index in [1.807, 2.05) is 19.0 Å². The molecule has 154 valence electrons. The van der Waals surface area contributed by atoms with Gasteiger partial charge in [-0.15, -0.1) is 0 Å². The van der Waals surface area contributed by atoms with Crippen LogP contribution in [0.4, 0.5) is 11.4 Å². The van der Waals surface area contributed by atoms with E-state index in [1.54, 1.807) is 54.6 Å². The van der Waals surface area contributed by atoms with E-state index in [2.05, 4.69) is 0 Å². The number of nitrogens with zero attached hydrogens (tertiary/aromatic N) is 3. The molecule has 8 nitrogen and oxygen atoms in total. The summed E-state index contributed by atoms with van der Waals surface area (Å²) >= 11 is 0. The lowest BCUT2D eigenvalue weighted by atomic mass is 9.97. The average Bonchev–Trinajstić information content (AvgIpc) is 2.73. The summed E-state index contributed by atoms with van der Waals surface area (Å²) in [7, 11) is 3.83. The van der Waals surface area contributed by atoms with E-state index in [4.69, 9.17) is 4.74 Å². The van der Waals surface area contributed by atoms with Gasteiger partial charge in [0.2, 0.25) is 0 Å². The van der Waals surface area contributed by atoms with Gasteiger partial charge in [-0.25, -0.2) is 0 Å². The molecule has 0 heterocycles. The molecule has 3 rings (SSSR count). The minimum absolute atomic E-state index is 0.0183. The van der Waals surface area contributed by atoms with Crippen LogP contribution in [0.25, 0.3) is 22.3 Å². The topological polar surface area (TPSA) is 98.8 Å². The molecule has 0 bridgehead atoms. The van der Waals surface area contributed by atoms with Gasteiger partial charge in [-0.3, -0.25) is 20.2 Å². The fourth-order valence-electron chi connectivity index (χ4n) is 3.11. The van der Waals surface area contributed by atoms with Crippen LogP contribution < -0.4 is 4.74 Å². The molecule has 0 amide bonds. The first-order chi connectivity index (χ1) is 14.4. The molecule has 3 aromatic carbocycles. The predicted octanol–water partition coefficient (Wildman–Crippen LogP) is 4.78. The van der Waals surface area contributed by atoms with Gasteiger partial charge in [0, 0.05) is 24.2 Å². The maximum Gasteiger partial charge on any atom is 0.277 e. The second-order valence-corrected chi connectivity index (χ2v) is 6.91. The third-order valence-electron chi connectivity index (χ3n) is 4.58. The fraction of sp³-hybridized carbons (Fsp3) is 0.182. The van der Waals surface area contributed by atoms with E-state index in [-0.39, 0.29) is 11.4 Å². The third-order valence-corrected chi connectivity index (χ3v) is 4.58. The maximum atomic E-state index is 11.5. The number of para-hydroxylation sites is 2. The van der Waals surface area contributed by atoms with Gasteiger partial charge in [-0.2, -0.15) is 0 Å². The lowest BCUT2D eigenvalue weighted by molar-refractivity contribution is -0.384. The Morgan fingerprint density at radius 3 is 1.97 bits per heavy atom. The number of rotatable bonds is 8. The van der Waals surface area contributed by atoms with Gasteiger partial charge in [-0.1, -0.05) is 30.3 Å². The lowest BCUT2D eigenvalue weighted by Gasteiger charge is -2.16. The molecule has 0 fully saturated rings. The Morgan fingerprint density at radius 2 is 1.37 bits per heavy atom. The van der Waals surface area contributed by atoms with Crippen LogP contribution in [0.1, 0.15) is 0 Å². The first-order valence-electron chi connectivity index (χ1n) is 9.27. The quantitative estimate of drug-likeness (QED) is 0.394. The predicted molar refractivity (Wildman–Crippen MR) is 115 cm³/mol. The van der Waals surface area contributed by atoms with Crippen LogP contribution in [0.15, 0.2) is 66.7 Å². The molecule has 30 heavy (non-hydrogen) atoms. The summed E-state index contributed by atoms with van der Waals surface area (Å²) in [5, 5.41) is 22.9. The van der Waals surface area contributed by atoms with Crippen molar-refractivity contribution in [1.29, 1.82) is 0 Å². The van der Waals surface area contributed by atoms with Crippen molar-refractivity contribution >= 4 is 11.4 Å². The zero-order valence-electron chi connectivity index (χ0n) is 16.6. The smallest absolute Gasteiger partial charge is 0.277 e. The van der Waals surface area contributed by atoms with Gasteiger partial charge in [-0.05, 0) is 43.9 Å². The van der Waals surface area contributed by atoms with E-state index in [9.17, 15) is 20.2 Å². The molecule has 0 aliphatic carbocycles. The number of ether oxygens (including phenoxy) is 1. The van der Waals surface area contributed by atoms with Gasteiger partial charge in [0.1, 0.15) is 12.4 Å². The van der Waals surface area contributed by atoms with Gasteiger partial charge >= 0.3 is 0 Å². The first-order valence-corrected chi connectivity index (χ1v) is 9.27. The number of benzene rings is 3. The van der Waals surface area contributed by atoms with E-state index in [0.717, 1.165) is 0 Å². The molecule has 0 saturated heterocycles. The molecule has 0 aliphatic rings. The van der Waals surface area contributed by atoms with Crippen molar-refractivity contribution in [3.05, 3.63) is 87.0 Å². The molecular formula is C22H21N3O5. The van der Waals surface area contributed by atoms with Crippen LogP contribution in [-0.2, 0) is 0 Å². The van der Waals surface area contributed by atoms with Crippen molar-refractivity contribution in [1.82, 2.24) is 4.90 Å². The fourth-order valence-corrected chi connectivity index (χ4v) is 3.11. The molecule has 0 unspecified atom stereocenters. The number of hydrogen-bond donors (Lipinski definition) is 0. The molecule has 0 saturated carbocycles. The summed E-state index contributed by atoms with van der Waals surface area (Å²) in [6, 6.07) is 18.0.